The van der Waals surface area contributed by atoms with Crippen LogP contribution in [0.4, 0.5) is 0 Å². The highest BCUT2D eigenvalue weighted by atomic mass is 35.5. The summed E-state index contributed by atoms with van der Waals surface area (Å²) in [5.41, 5.74) is 2.20. The number of hydrogen-bond donors (Lipinski definition) is 0. The summed E-state index contributed by atoms with van der Waals surface area (Å²) in [6.45, 7) is 4.79. The molecule has 0 unspecified atom stereocenters. The Bertz CT molecular complexity index is 924. The summed E-state index contributed by atoms with van der Waals surface area (Å²) in [6.07, 6.45) is 0. The zero-order valence-electron chi connectivity index (χ0n) is 14.5. The molecule has 5 heteroatoms. The van der Waals surface area contributed by atoms with Gasteiger partial charge in [-0.2, -0.15) is 0 Å². The van der Waals surface area contributed by atoms with E-state index in [0.717, 1.165) is 16.5 Å². The van der Waals surface area contributed by atoms with Crippen LogP contribution in [0.15, 0.2) is 48.5 Å². The number of rotatable bonds is 4. The second kappa shape index (κ2) is 7.19. The molecule has 3 aromatic rings. The van der Waals surface area contributed by atoms with Gasteiger partial charge in [0, 0.05) is 29.6 Å². The molecule has 3 rings (SSSR count). The number of fused-ring (bicyclic) bond motifs is 1. The van der Waals surface area contributed by atoms with Gasteiger partial charge in [-0.1, -0.05) is 61.8 Å². The second-order valence-corrected chi connectivity index (χ2v) is 6.88. The first-order chi connectivity index (χ1) is 12.0. The molecule has 0 N–H and O–H groups in total. The number of aromatic nitrogens is 2. The van der Waals surface area contributed by atoms with E-state index in [-0.39, 0.29) is 11.7 Å². The Morgan fingerprint density at radius 3 is 2.48 bits per heavy atom. The fourth-order valence-electron chi connectivity index (χ4n) is 2.83. The number of para-hydroxylation sites is 1. The lowest BCUT2D eigenvalue weighted by molar-refractivity contribution is 0.0767. The summed E-state index contributed by atoms with van der Waals surface area (Å²) in [4.78, 5) is 23.5. The highest BCUT2D eigenvalue weighted by molar-refractivity contribution is 6.33. The van der Waals surface area contributed by atoms with E-state index in [1.54, 1.807) is 11.9 Å². The van der Waals surface area contributed by atoms with Gasteiger partial charge in [0.1, 0.15) is 0 Å². The Kier molecular flexibility index (Phi) is 5.00. The highest BCUT2D eigenvalue weighted by Gasteiger charge is 2.19. The number of benzene rings is 2. The van der Waals surface area contributed by atoms with Gasteiger partial charge in [0.15, 0.2) is 0 Å². The molecule has 0 radical (unpaired) electrons. The summed E-state index contributed by atoms with van der Waals surface area (Å²) in [5.74, 6) is 0.377. The first kappa shape index (κ1) is 17.4. The second-order valence-electron chi connectivity index (χ2n) is 6.47. The van der Waals surface area contributed by atoms with Gasteiger partial charge in [-0.05, 0) is 18.1 Å². The molecule has 0 bridgehead atoms. The fourth-order valence-corrected chi connectivity index (χ4v) is 3.06. The largest absolute Gasteiger partial charge is 0.339 e. The van der Waals surface area contributed by atoms with Crippen molar-refractivity contribution in [3.63, 3.8) is 0 Å². The van der Waals surface area contributed by atoms with Crippen molar-refractivity contribution in [2.45, 2.75) is 13.8 Å². The summed E-state index contributed by atoms with van der Waals surface area (Å²) >= 11 is 6.37. The molecular formula is C20H20ClN3O. The van der Waals surface area contributed by atoms with Crippen molar-refractivity contribution in [3.8, 4) is 11.3 Å². The van der Waals surface area contributed by atoms with Gasteiger partial charge in [-0.25, -0.2) is 9.97 Å². The van der Waals surface area contributed by atoms with Gasteiger partial charge in [0.05, 0.1) is 11.2 Å². The Labute approximate surface area is 152 Å². The minimum Gasteiger partial charge on any atom is -0.339 e. The van der Waals surface area contributed by atoms with Gasteiger partial charge in [0.2, 0.25) is 5.82 Å². The third-order valence-electron chi connectivity index (χ3n) is 3.91. The zero-order valence-corrected chi connectivity index (χ0v) is 15.3. The lowest BCUT2D eigenvalue weighted by Gasteiger charge is -2.19. The molecule has 0 aliphatic carbocycles. The average molecular weight is 354 g/mol. The molecule has 1 aromatic heterocycles. The summed E-state index contributed by atoms with van der Waals surface area (Å²) in [6, 6.07) is 15.2. The molecule has 2 aromatic carbocycles. The molecule has 0 aliphatic rings. The van der Waals surface area contributed by atoms with E-state index in [0.29, 0.717) is 23.2 Å². The number of carbonyl (C=O) groups excluding carboxylic acids is 1. The van der Waals surface area contributed by atoms with Crippen LogP contribution in [-0.4, -0.2) is 34.4 Å². The number of amides is 1. The van der Waals surface area contributed by atoms with Crippen molar-refractivity contribution in [1.82, 2.24) is 14.9 Å². The monoisotopic (exact) mass is 353 g/mol. The predicted octanol–water partition coefficient (Wildman–Crippen LogP) is 4.68. The van der Waals surface area contributed by atoms with E-state index in [9.17, 15) is 4.79 Å². The van der Waals surface area contributed by atoms with Crippen LogP contribution in [0.1, 0.15) is 24.5 Å². The fraction of sp³-hybridized carbons (Fsp3) is 0.250. The third kappa shape index (κ3) is 3.64. The lowest BCUT2D eigenvalue weighted by atomic mass is 10.1. The van der Waals surface area contributed by atoms with Crippen LogP contribution in [0.2, 0.25) is 5.02 Å². The van der Waals surface area contributed by atoms with Crippen LogP contribution in [0, 0.1) is 5.92 Å². The first-order valence-electron chi connectivity index (χ1n) is 8.24. The Morgan fingerprint density at radius 2 is 1.76 bits per heavy atom. The molecule has 0 saturated carbocycles. The van der Waals surface area contributed by atoms with Gasteiger partial charge >= 0.3 is 0 Å². The van der Waals surface area contributed by atoms with Crippen LogP contribution in [-0.2, 0) is 0 Å². The van der Waals surface area contributed by atoms with Crippen molar-refractivity contribution in [3.05, 3.63) is 59.4 Å². The van der Waals surface area contributed by atoms with Gasteiger partial charge < -0.3 is 4.90 Å². The van der Waals surface area contributed by atoms with Gasteiger partial charge in [-0.15, -0.1) is 0 Å². The lowest BCUT2D eigenvalue weighted by Crippen LogP contribution is -2.31. The van der Waals surface area contributed by atoms with Crippen LogP contribution >= 0.6 is 11.6 Å². The molecule has 0 atom stereocenters. The topological polar surface area (TPSA) is 46.1 Å². The highest BCUT2D eigenvalue weighted by Crippen LogP contribution is 2.31. The van der Waals surface area contributed by atoms with E-state index in [2.05, 4.69) is 23.8 Å². The SMILES string of the molecule is CC(C)CN(C)C(=O)c1nc(-c2ccccc2Cl)c2ccccc2n1. The summed E-state index contributed by atoms with van der Waals surface area (Å²) in [5, 5.41) is 1.47. The number of hydrogen-bond acceptors (Lipinski definition) is 3. The molecule has 0 aliphatic heterocycles. The standard InChI is InChI=1S/C20H20ClN3O/c1-13(2)12-24(3)20(25)19-22-17-11-7-5-9-15(17)18(23-19)14-8-4-6-10-16(14)21/h4-11,13H,12H2,1-3H3. The first-order valence-corrected chi connectivity index (χ1v) is 8.62. The molecule has 25 heavy (non-hydrogen) atoms. The number of carbonyl (C=O) groups is 1. The maximum atomic E-state index is 12.8. The third-order valence-corrected chi connectivity index (χ3v) is 4.24. The van der Waals surface area contributed by atoms with Crippen molar-refractivity contribution in [1.29, 1.82) is 0 Å². The predicted molar refractivity (Wildman–Crippen MR) is 102 cm³/mol. The van der Waals surface area contributed by atoms with E-state index in [4.69, 9.17) is 11.6 Å². The number of nitrogens with zero attached hydrogens (tertiary/aromatic N) is 3. The summed E-state index contributed by atoms with van der Waals surface area (Å²) < 4.78 is 0. The van der Waals surface area contributed by atoms with Gasteiger partial charge in [0.25, 0.3) is 5.91 Å². The smallest absolute Gasteiger partial charge is 0.291 e. The minimum atomic E-state index is -0.187. The van der Waals surface area contributed by atoms with Crippen LogP contribution < -0.4 is 0 Å². The molecule has 4 nitrogen and oxygen atoms in total. The maximum absolute atomic E-state index is 12.8. The zero-order chi connectivity index (χ0) is 18.0. The molecule has 0 fully saturated rings. The van der Waals surface area contributed by atoms with Crippen molar-refractivity contribution in [2.24, 2.45) is 5.92 Å². The van der Waals surface area contributed by atoms with E-state index in [1.165, 1.54) is 0 Å². The summed E-state index contributed by atoms with van der Waals surface area (Å²) in [7, 11) is 1.77. The van der Waals surface area contributed by atoms with Crippen molar-refractivity contribution < 1.29 is 4.79 Å². The molecule has 0 saturated heterocycles. The Morgan fingerprint density at radius 1 is 1.08 bits per heavy atom. The van der Waals surface area contributed by atoms with E-state index < -0.39 is 0 Å². The number of halogens is 1. The molecule has 128 valence electrons. The van der Waals surface area contributed by atoms with E-state index >= 15 is 0 Å². The molecule has 0 spiro atoms. The quantitative estimate of drug-likeness (QED) is 0.684. The van der Waals surface area contributed by atoms with Crippen LogP contribution in [0.5, 0.6) is 0 Å². The van der Waals surface area contributed by atoms with Crippen LogP contribution in [0.3, 0.4) is 0 Å². The average Bonchev–Trinajstić information content (AvgIpc) is 2.60. The molecule has 1 heterocycles. The molecule has 1 amide bonds. The van der Waals surface area contributed by atoms with Gasteiger partial charge in [-0.3, -0.25) is 4.79 Å². The molecular weight excluding hydrogens is 334 g/mol. The minimum absolute atomic E-state index is 0.187. The van der Waals surface area contributed by atoms with Crippen molar-refractivity contribution in [2.75, 3.05) is 13.6 Å². The van der Waals surface area contributed by atoms with Crippen molar-refractivity contribution >= 4 is 28.4 Å². The van der Waals surface area contributed by atoms with Crippen LogP contribution in [0.25, 0.3) is 22.2 Å². The Hall–Kier alpha value is -2.46. The normalized spacial score (nSPS) is 11.1. The maximum Gasteiger partial charge on any atom is 0.291 e. The van der Waals surface area contributed by atoms with E-state index in [1.807, 2.05) is 48.5 Å². The Balaban J connectivity index is 2.17.